The van der Waals surface area contributed by atoms with Gasteiger partial charge in [0.15, 0.2) is 0 Å². The molecule has 1 aliphatic carbocycles. The third-order valence-corrected chi connectivity index (χ3v) is 4.43. The summed E-state index contributed by atoms with van der Waals surface area (Å²) in [5.41, 5.74) is 0.768. The first-order valence-corrected chi connectivity index (χ1v) is 7.29. The molecular formula is C16H24FNO. The third-order valence-electron chi connectivity index (χ3n) is 4.43. The second-order valence-corrected chi connectivity index (χ2v) is 5.85. The van der Waals surface area contributed by atoms with Crippen LogP contribution in [-0.2, 0) is 0 Å². The van der Waals surface area contributed by atoms with E-state index in [1.165, 1.54) is 37.8 Å². The highest BCUT2D eigenvalue weighted by molar-refractivity contribution is 5.34. The molecule has 0 bridgehead atoms. The van der Waals surface area contributed by atoms with Gasteiger partial charge in [0.2, 0.25) is 0 Å². The first-order chi connectivity index (χ1) is 9.08. The third kappa shape index (κ3) is 3.69. The molecule has 1 saturated carbocycles. The van der Waals surface area contributed by atoms with E-state index in [0.717, 1.165) is 23.9 Å². The van der Waals surface area contributed by atoms with Gasteiger partial charge in [-0.3, -0.25) is 0 Å². The van der Waals surface area contributed by atoms with Crippen molar-refractivity contribution in [2.75, 3.05) is 6.54 Å². The smallest absolute Gasteiger partial charge is 0.126 e. The molecule has 1 aliphatic rings. The second kappa shape index (κ2) is 6.38. The lowest BCUT2D eigenvalue weighted by Gasteiger charge is -2.30. The molecule has 2 N–H and O–H groups in total. The Morgan fingerprint density at radius 3 is 2.79 bits per heavy atom. The number of phenolic OH excluding ortho intramolecular Hbond substituents is 1. The maximum Gasteiger partial charge on any atom is 0.126 e. The molecule has 0 aromatic heterocycles. The number of aromatic hydroxyl groups is 1. The van der Waals surface area contributed by atoms with E-state index in [2.05, 4.69) is 12.2 Å². The summed E-state index contributed by atoms with van der Waals surface area (Å²) in [7, 11) is 0. The molecule has 1 fully saturated rings. The fraction of sp³-hybridized carbons (Fsp3) is 0.625. The number of nitrogens with one attached hydrogen (secondary N) is 1. The molecule has 19 heavy (non-hydrogen) atoms. The average molecular weight is 265 g/mol. The van der Waals surface area contributed by atoms with Crippen LogP contribution in [0.2, 0.25) is 0 Å². The Hall–Kier alpha value is -1.09. The van der Waals surface area contributed by atoms with Crippen LogP contribution in [0.1, 0.15) is 51.1 Å². The molecule has 3 atom stereocenters. The summed E-state index contributed by atoms with van der Waals surface area (Å²) in [4.78, 5) is 0. The van der Waals surface area contributed by atoms with Crippen molar-refractivity contribution in [2.45, 2.75) is 45.6 Å². The van der Waals surface area contributed by atoms with E-state index in [9.17, 15) is 9.50 Å². The normalized spacial score (nSPS) is 25.2. The Morgan fingerprint density at radius 1 is 1.37 bits per heavy atom. The minimum Gasteiger partial charge on any atom is -0.508 e. The highest BCUT2D eigenvalue weighted by atomic mass is 19.1. The standard InChI is InChI=1S/C16H24FNO/c1-11-5-3-4-6-13(11)10-18-12(2)15-8-7-14(17)9-16(15)19/h7-9,11-13,18-19H,3-6,10H2,1-2H3. The predicted molar refractivity (Wildman–Crippen MR) is 75.6 cm³/mol. The minimum absolute atomic E-state index is 0.0386. The largest absolute Gasteiger partial charge is 0.508 e. The second-order valence-electron chi connectivity index (χ2n) is 5.85. The molecule has 0 aliphatic heterocycles. The van der Waals surface area contributed by atoms with Gasteiger partial charge in [0.1, 0.15) is 11.6 Å². The fourth-order valence-electron chi connectivity index (χ4n) is 3.02. The van der Waals surface area contributed by atoms with Crippen molar-refractivity contribution in [3.05, 3.63) is 29.6 Å². The highest BCUT2D eigenvalue weighted by Crippen LogP contribution is 2.30. The van der Waals surface area contributed by atoms with E-state index in [0.29, 0.717) is 0 Å². The van der Waals surface area contributed by atoms with Gasteiger partial charge in [-0.15, -0.1) is 0 Å². The molecule has 1 aromatic rings. The summed E-state index contributed by atoms with van der Waals surface area (Å²) in [6.45, 7) is 5.31. The maximum absolute atomic E-state index is 13.0. The van der Waals surface area contributed by atoms with Crippen LogP contribution in [0.4, 0.5) is 4.39 Å². The quantitative estimate of drug-likeness (QED) is 0.862. The number of benzene rings is 1. The molecule has 0 saturated heterocycles. The van der Waals surface area contributed by atoms with Gasteiger partial charge in [-0.25, -0.2) is 4.39 Å². The molecular weight excluding hydrogens is 241 g/mol. The lowest BCUT2D eigenvalue weighted by molar-refractivity contribution is 0.242. The Morgan fingerprint density at radius 2 is 2.11 bits per heavy atom. The molecule has 2 nitrogen and oxygen atoms in total. The molecule has 1 aromatic carbocycles. The molecule has 2 rings (SSSR count). The molecule has 0 amide bonds. The number of halogens is 1. The number of hydrogen-bond donors (Lipinski definition) is 2. The van der Waals surface area contributed by atoms with Crippen LogP contribution in [0, 0.1) is 17.7 Å². The lowest BCUT2D eigenvalue weighted by Crippen LogP contribution is -2.31. The van der Waals surface area contributed by atoms with Crippen LogP contribution in [0.5, 0.6) is 5.75 Å². The molecule has 0 heterocycles. The lowest BCUT2D eigenvalue weighted by atomic mass is 9.80. The first kappa shape index (κ1) is 14.3. The zero-order chi connectivity index (χ0) is 13.8. The van der Waals surface area contributed by atoms with Crippen LogP contribution in [0.3, 0.4) is 0 Å². The highest BCUT2D eigenvalue weighted by Gasteiger charge is 2.22. The Kier molecular flexibility index (Phi) is 4.81. The monoisotopic (exact) mass is 265 g/mol. The van der Waals surface area contributed by atoms with Gasteiger partial charge in [0.25, 0.3) is 0 Å². The topological polar surface area (TPSA) is 32.3 Å². The Labute approximate surface area is 115 Å². The van der Waals surface area contributed by atoms with E-state index in [1.807, 2.05) is 6.92 Å². The average Bonchev–Trinajstić information content (AvgIpc) is 2.37. The number of phenols is 1. The van der Waals surface area contributed by atoms with Crippen molar-refractivity contribution in [1.29, 1.82) is 0 Å². The molecule has 3 heteroatoms. The van der Waals surface area contributed by atoms with E-state index in [4.69, 9.17) is 0 Å². The van der Waals surface area contributed by atoms with Crippen LogP contribution in [0.25, 0.3) is 0 Å². The van der Waals surface area contributed by atoms with Crippen molar-refractivity contribution in [3.8, 4) is 5.75 Å². The number of rotatable bonds is 4. The van der Waals surface area contributed by atoms with Gasteiger partial charge in [0.05, 0.1) is 0 Å². The molecule has 0 spiro atoms. The van der Waals surface area contributed by atoms with E-state index in [1.54, 1.807) is 6.07 Å². The van der Waals surface area contributed by atoms with E-state index >= 15 is 0 Å². The summed E-state index contributed by atoms with van der Waals surface area (Å²) in [5, 5.41) is 13.2. The molecule has 106 valence electrons. The van der Waals surface area contributed by atoms with Gasteiger partial charge < -0.3 is 10.4 Å². The summed E-state index contributed by atoms with van der Waals surface area (Å²) in [6, 6.07) is 4.29. The van der Waals surface area contributed by atoms with Crippen LogP contribution in [-0.4, -0.2) is 11.7 Å². The molecule has 3 unspecified atom stereocenters. The van der Waals surface area contributed by atoms with Gasteiger partial charge in [-0.2, -0.15) is 0 Å². The summed E-state index contributed by atoms with van der Waals surface area (Å²) in [6.07, 6.45) is 5.29. The van der Waals surface area contributed by atoms with Gasteiger partial charge in [-0.05, 0) is 37.8 Å². The summed E-state index contributed by atoms with van der Waals surface area (Å²) >= 11 is 0. The maximum atomic E-state index is 13.0. The summed E-state index contributed by atoms with van der Waals surface area (Å²) in [5.74, 6) is 1.14. The van der Waals surface area contributed by atoms with Gasteiger partial charge in [-0.1, -0.05) is 32.3 Å². The fourth-order valence-corrected chi connectivity index (χ4v) is 3.02. The van der Waals surface area contributed by atoms with Crippen molar-refractivity contribution in [1.82, 2.24) is 5.32 Å². The van der Waals surface area contributed by atoms with Crippen molar-refractivity contribution in [2.24, 2.45) is 11.8 Å². The first-order valence-electron chi connectivity index (χ1n) is 7.29. The van der Waals surface area contributed by atoms with E-state index < -0.39 is 5.82 Å². The van der Waals surface area contributed by atoms with Crippen LogP contribution < -0.4 is 5.32 Å². The van der Waals surface area contributed by atoms with Crippen molar-refractivity contribution < 1.29 is 9.50 Å². The predicted octanol–water partition coefficient (Wildman–Crippen LogP) is 4.01. The van der Waals surface area contributed by atoms with Crippen molar-refractivity contribution >= 4 is 0 Å². The van der Waals surface area contributed by atoms with E-state index in [-0.39, 0.29) is 11.8 Å². The Bertz CT molecular complexity index is 421. The minimum atomic E-state index is -0.394. The Balaban J connectivity index is 1.91. The summed E-state index contributed by atoms with van der Waals surface area (Å²) < 4.78 is 13.0. The number of hydrogen-bond acceptors (Lipinski definition) is 2. The van der Waals surface area contributed by atoms with Crippen LogP contribution >= 0.6 is 0 Å². The van der Waals surface area contributed by atoms with Crippen LogP contribution in [0.15, 0.2) is 18.2 Å². The van der Waals surface area contributed by atoms with Crippen molar-refractivity contribution in [3.63, 3.8) is 0 Å². The zero-order valence-corrected chi connectivity index (χ0v) is 11.8. The van der Waals surface area contributed by atoms with Gasteiger partial charge >= 0.3 is 0 Å². The zero-order valence-electron chi connectivity index (χ0n) is 11.8. The molecule has 0 radical (unpaired) electrons. The van der Waals surface area contributed by atoms with Gasteiger partial charge in [0, 0.05) is 17.7 Å². The SMILES string of the molecule is CC(NCC1CCCCC1C)c1ccc(F)cc1O.